The van der Waals surface area contributed by atoms with Crippen molar-refractivity contribution in [3.8, 4) is 17.0 Å². The predicted octanol–water partition coefficient (Wildman–Crippen LogP) is 2.53. The average Bonchev–Trinajstić information content (AvgIpc) is 2.48. The Kier molecular flexibility index (Phi) is 4.52. The quantitative estimate of drug-likeness (QED) is 0.792. The van der Waals surface area contributed by atoms with E-state index in [1.165, 1.54) is 10.7 Å². The Morgan fingerprint density at radius 2 is 1.95 bits per heavy atom. The Hall–Kier alpha value is -2.43. The summed E-state index contributed by atoms with van der Waals surface area (Å²) in [6.45, 7) is 6.15. The van der Waals surface area contributed by atoms with E-state index in [0.29, 0.717) is 18.5 Å². The van der Waals surface area contributed by atoms with Crippen LogP contribution in [0.25, 0.3) is 11.3 Å². The van der Waals surface area contributed by atoms with Crippen molar-refractivity contribution in [3.63, 3.8) is 0 Å². The van der Waals surface area contributed by atoms with Crippen LogP contribution in [0.4, 0.5) is 0 Å². The third-order valence-electron chi connectivity index (χ3n) is 2.95. The van der Waals surface area contributed by atoms with Gasteiger partial charge in [-0.2, -0.15) is 5.10 Å². The van der Waals surface area contributed by atoms with Gasteiger partial charge in [0.1, 0.15) is 5.75 Å². The highest BCUT2D eigenvalue weighted by Crippen LogP contribution is 2.21. The number of benzene rings is 1. The molecular formula is C16H18N2O3. The zero-order valence-electron chi connectivity index (χ0n) is 12.4. The minimum absolute atomic E-state index is 0.109. The molecule has 0 aliphatic carbocycles. The number of nitrogens with zero attached hydrogens (tertiary/aromatic N) is 2. The van der Waals surface area contributed by atoms with Gasteiger partial charge in [0.25, 0.3) is 5.56 Å². The molecule has 110 valence electrons. The minimum Gasteiger partial charge on any atom is -0.491 e. The third-order valence-corrected chi connectivity index (χ3v) is 2.95. The van der Waals surface area contributed by atoms with Crippen LogP contribution in [-0.4, -0.2) is 22.2 Å². The molecule has 0 saturated carbocycles. The topological polar surface area (TPSA) is 61.2 Å². The number of rotatable bonds is 5. The van der Waals surface area contributed by atoms with Crippen LogP contribution in [-0.2, 0) is 6.54 Å². The number of ether oxygens (including phenoxy) is 1. The standard InChI is InChI=1S/C16H18N2O3/c1-4-18-16(20)13(10-19)9-15(17-18)12-5-7-14(8-6-12)21-11(2)3/h5-11H,4H2,1-3H3. The smallest absolute Gasteiger partial charge is 0.277 e. The van der Waals surface area contributed by atoms with Gasteiger partial charge in [-0.15, -0.1) is 0 Å². The largest absolute Gasteiger partial charge is 0.491 e. The van der Waals surface area contributed by atoms with Gasteiger partial charge in [-0.25, -0.2) is 4.68 Å². The van der Waals surface area contributed by atoms with Crippen molar-refractivity contribution in [1.82, 2.24) is 9.78 Å². The van der Waals surface area contributed by atoms with Crippen LogP contribution in [0.15, 0.2) is 35.1 Å². The molecular weight excluding hydrogens is 268 g/mol. The van der Waals surface area contributed by atoms with Gasteiger partial charge < -0.3 is 4.74 Å². The summed E-state index contributed by atoms with van der Waals surface area (Å²) in [6, 6.07) is 8.93. The van der Waals surface area contributed by atoms with Gasteiger partial charge >= 0.3 is 0 Å². The van der Waals surface area contributed by atoms with Gasteiger partial charge in [0.05, 0.1) is 17.4 Å². The van der Waals surface area contributed by atoms with Crippen LogP contribution in [0.3, 0.4) is 0 Å². The molecule has 1 aromatic heterocycles. The lowest BCUT2D eigenvalue weighted by Gasteiger charge is -2.10. The lowest BCUT2D eigenvalue weighted by Crippen LogP contribution is -2.25. The molecule has 0 aliphatic rings. The first kappa shape index (κ1) is 15.0. The summed E-state index contributed by atoms with van der Waals surface area (Å²) < 4.78 is 6.87. The van der Waals surface area contributed by atoms with Crippen LogP contribution in [0.1, 0.15) is 31.1 Å². The first-order chi connectivity index (χ1) is 10.0. The van der Waals surface area contributed by atoms with E-state index in [1.807, 2.05) is 45.0 Å². The fourth-order valence-electron chi connectivity index (χ4n) is 1.98. The molecule has 0 radical (unpaired) electrons. The molecule has 0 unspecified atom stereocenters. The predicted molar refractivity (Wildman–Crippen MR) is 80.8 cm³/mol. The van der Waals surface area contributed by atoms with E-state index < -0.39 is 0 Å². The van der Waals surface area contributed by atoms with E-state index in [1.54, 1.807) is 0 Å². The number of carbonyl (C=O) groups excluding carboxylic acids is 1. The van der Waals surface area contributed by atoms with E-state index in [9.17, 15) is 9.59 Å². The summed E-state index contributed by atoms with van der Waals surface area (Å²) in [5.74, 6) is 0.771. The number of aromatic nitrogens is 2. The first-order valence-corrected chi connectivity index (χ1v) is 6.89. The number of aldehydes is 1. The Bertz CT molecular complexity index is 688. The number of carbonyl (C=O) groups is 1. The highest BCUT2D eigenvalue weighted by atomic mass is 16.5. The van der Waals surface area contributed by atoms with Crippen molar-refractivity contribution in [2.45, 2.75) is 33.4 Å². The zero-order chi connectivity index (χ0) is 15.4. The number of aryl methyl sites for hydroxylation is 1. The highest BCUT2D eigenvalue weighted by molar-refractivity contribution is 5.76. The van der Waals surface area contributed by atoms with Gasteiger partial charge in [0.2, 0.25) is 0 Å². The normalized spacial score (nSPS) is 10.7. The monoisotopic (exact) mass is 286 g/mol. The zero-order valence-corrected chi connectivity index (χ0v) is 12.4. The van der Waals surface area contributed by atoms with Crippen molar-refractivity contribution in [2.24, 2.45) is 0 Å². The van der Waals surface area contributed by atoms with Crippen molar-refractivity contribution in [2.75, 3.05) is 0 Å². The lowest BCUT2D eigenvalue weighted by atomic mass is 10.1. The summed E-state index contributed by atoms with van der Waals surface area (Å²) in [7, 11) is 0. The second kappa shape index (κ2) is 6.35. The third kappa shape index (κ3) is 3.37. The molecule has 1 heterocycles. The summed E-state index contributed by atoms with van der Waals surface area (Å²) in [4.78, 5) is 22.8. The van der Waals surface area contributed by atoms with Crippen molar-refractivity contribution >= 4 is 6.29 Å². The fourth-order valence-corrected chi connectivity index (χ4v) is 1.98. The SMILES string of the molecule is CCn1nc(-c2ccc(OC(C)C)cc2)cc(C=O)c1=O. The molecule has 0 aliphatic heterocycles. The van der Waals surface area contributed by atoms with Gasteiger partial charge in [-0.05, 0) is 51.1 Å². The maximum atomic E-state index is 11.8. The van der Waals surface area contributed by atoms with Crippen LogP contribution in [0, 0.1) is 0 Å². The van der Waals surface area contributed by atoms with Crippen LogP contribution in [0.2, 0.25) is 0 Å². The molecule has 0 amide bonds. The van der Waals surface area contributed by atoms with Crippen LogP contribution < -0.4 is 10.3 Å². The second-order valence-electron chi connectivity index (χ2n) is 4.91. The second-order valence-corrected chi connectivity index (χ2v) is 4.91. The average molecular weight is 286 g/mol. The Balaban J connectivity index is 2.42. The molecule has 21 heavy (non-hydrogen) atoms. The molecule has 0 spiro atoms. The van der Waals surface area contributed by atoms with E-state index in [4.69, 9.17) is 4.74 Å². The molecule has 0 atom stereocenters. The molecule has 2 rings (SSSR count). The van der Waals surface area contributed by atoms with Crippen LogP contribution in [0.5, 0.6) is 5.75 Å². The molecule has 0 saturated heterocycles. The van der Waals surface area contributed by atoms with Gasteiger partial charge in [-0.1, -0.05) is 0 Å². The summed E-state index contributed by atoms with van der Waals surface area (Å²) >= 11 is 0. The summed E-state index contributed by atoms with van der Waals surface area (Å²) in [5.41, 5.74) is 1.17. The minimum atomic E-state index is -0.365. The molecule has 5 nitrogen and oxygen atoms in total. The van der Waals surface area contributed by atoms with Gasteiger partial charge in [-0.3, -0.25) is 9.59 Å². The summed E-state index contributed by atoms with van der Waals surface area (Å²) in [5, 5.41) is 4.26. The van der Waals surface area contributed by atoms with Crippen molar-refractivity contribution < 1.29 is 9.53 Å². The van der Waals surface area contributed by atoms with E-state index in [2.05, 4.69) is 5.10 Å². The first-order valence-electron chi connectivity index (χ1n) is 6.89. The molecule has 0 bridgehead atoms. The number of hydrogen-bond donors (Lipinski definition) is 0. The van der Waals surface area contributed by atoms with E-state index in [-0.39, 0.29) is 17.2 Å². The number of hydrogen-bond acceptors (Lipinski definition) is 4. The lowest BCUT2D eigenvalue weighted by molar-refractivity contribution is 0.112. The molecule has 2 aromatic rings. The Morgan fingerprint density at radius 3 is 2.48 bits per heavy atom. The highest BCUT2D eigenvalue weighted by Gasteiger charge is 2.09. The Labute approximate surface area is 123 Å². The maximum Gasteiger partial charge on any atom is 0.277 e. The van der Waals surface area contributed by atoms with Gasteiger partial charge in [0, 0.05) is 12.1 Å². The maximum absolute atomic E-state index is 11.8. The van der Waals surface area contributed by atoms with E-state index >= 15 is 0 Å². The fraction of sp³-hybridized carbons (Fsp3) is 0.312. The summed E-state index contributed by atoms with van der Waals surface area (Å²) in [6.07, 6.45) is 0.674. The van der Waals surface area contributed by atoms with Crippen LogP contribution >= 0.6 is 0 Å². The molecule has 1 aromatic carbocycles. The van der Waals surface area contributed by atoms with Crippen molar-refractivity contribution in [3.05, 3.63) is 46.2 Å². The van der Waals surface area contributed by atoms with E-state index in [0.717, 1.165) is 11.3 Å². The van der Waals surface area contributed by atoms with Gasteiger partial charge in [0.15, 0.2) is 6.29 Å². The molecule has 0 N–H and O–H groups in total. The van der Waals surface area contributed by atoms with Crippen molar-refractivity contribution in [1.29, 1.82) is 0 Å². The molecule has 5 heteroatoms. The molecule has 0 fully saturated rings. The Morgan fingerprint density at radius 1 is 1.29 bits per heavy atom.